The number of rotatable bonds is 4. The van der Waals surface area contributed by atoms with Crippen LogP contribution in [0.2, 0.25) is 23.1 Å². The maximum absolute atomic E-state index is 6.49. The van der Waals surface area contributed by atoms with Crippen molar-refractivity contribution in [1.82, 2.24) is 0 Å². The van der Waals surface area contributed by atoms with Crippen LogP contribution in [0.4, 0.5) is 0 Å². The molecule has 0 spiro atoms. The molecule has 0 fully saturated rings. The zero-order valence-electron chi connectivity index (χ0n) is 31.8. The van der Waals surface area contributed by atoms with Crippen LogP contribution in [0.5, 0.6) is 0 Å². The van der Waals surface area contributed by atoms with E-state index < -0.39 is 0 Å². The molecule has 0 amide bonds. The molecule has 0 bridgehead atoms. The first-order chi connectivity index (χ1) is 24.8. The van der Waals surface area contributed by atoms with Gasteiger partial charge in [-0.2, -0.15) is 0 Å². The van der Waals surface area contributed by atoms with Gasteiger partial charge in [0, 0.05) is 10.0 Å². The number of benzene rings is 4. The molecule has 2 aromatic heterocycles. The minimum atomic E-state index is 0. The molecule has 8 aromatic rings. The van der Waals surface area contributed by atoms with E-state index >= 15 is 0 Å². The second kappa shape index (κ2) is 18.7. The first-order valence-electron chi connectivity index (χ1n) is 17.4. The average molecular weight is 890 g/mol. The zero-order chi connectivity index (χ0) is 37.3. The van der Waals surface area contributed by atoms with E-state index in [1.54, 1.807) is 23.3 Å². The molecule has 2 nitrogen and oxygen atoms in total. The van der Waals surface area contributed by atoms with Crippen LogP contribution < -0.4 is 0 Å². The van der Waals surface area contributed by atoms with E-state index in [0.29, 0.717) is 0 Å². The Morgan fingerprint density at radius 1 is 0.537 bits per heavy atom. The predicted molar refractivity (Wildman–Crippen MR) is 236 cm³/mol. The minimum Gasteiger partial charge on any atom is -0.496 e. The van der Waals surface area contributed by atoms with Gasteiger partial charge in [0.1, 0.15) is 0 Å². The van der Waals surface area contributed by atoms with Crippen molar-refractivity contribution in [2.45, 2.75) is 54.6 Å². The molecule has 8 heteroatoms. The number of fused-ring (bicyclic) bond motifs is 2. The van der Waals surface area contributed by atoms with Crippen molar-refractivity contribution in [3.63, 3.8) is 0 Å². The predicted octanol–water partition coefficient (Wildman–Crippen LogP) is 15.8. The normalized spacial score (nSPS) is 10.6. The van der Waals surface area contributed by atoms with Crippen molar-refractivity contribution in [3.05, 3.63) is 153 Å². The molecule has 0 N–H and O–H groups in total. The van der Waals surface area contributed by atoms with E-state index in [0.717, 1.165) is 55.3 Å². The van der Waals surface area contributed by atoms with Crippen LogP contribution in [-0.4, -0.2) is 5.43 Å². The summed E-state index contributed by atoms with van der Waals surface area (Å²) in [6, 6.07) is 37.4. The quantitative estimate of drug-likeness (QED) is 0.130. The number of hydrogen-bond acceptors (Lipinski definition) is 2. The van der Waals surface area contributed by atoms with Gasteiger partial charge in [0.25, 0.3) is 0 Å². The molecule has 0 aliphatic heterocycles. The smallest absolute Gasteiger partial charge is 0.0896 e. The molecule has 276 valence electrons. The standard InChI is InChI=1S/2C22H18ClO.C2H6Si.2ClH.Zr/c2*1-13-10-16-11-17(21-9-8-14(2)24-21)12-19(16)22(15(13)3)18-6-4-5-7-20(18)23;1-3-2;;;/h2*4-12H,1-3H3;1-2H3;2*1H;/q2*-1;;;;+2. The van der Waals surface area contributed by atoms with Crippen molar-refractivity contribution in [1.29, 1.82) is 0 Å². The van der Waals surface area contributed by atoms with Gasteiger partial charge in [0.2, 0.25) is 0 Å². The molecule has 8 rings (SSSR count). The fourth-order valence-corrected chi connectivity index (χ4v) is 7.15. The molecule has 0 radical (unpaired) electrons. The van der Waals surface area contributed by atoms with Crippen molar-refractivity contribution in [3.8, 4) is 44.9 Å². The zero-order valence-corrected chi connectivity index (χ0v) is 38.4. The topological polar surface area (TPSA) is 26.3 Å². The summed E-state index contributed by atoms with van der Waals surface area (Å²) in [5.74, 6) is 3.66. The molecule has 0 unspecified atom stereocenters. The van der Waals surface area contributed by atoms with E-state index in [-0.39, 0.29) is 30.2 Å². The third-order valence-electron chi connectivity index (χ3n) is 9.40. The van der Waals surface area contributed by atoms with E-state index in [4.69, 9.17) is 32.0 Å². The van der Waals surface area contributed by atoms with Gasteiger partial charge in [-0.1, -0.05) is 93.0 Å². The summed E-state index contributed by atoms with van der Waals surface area (Å²) >= 11 is 14.7. The van der Waals surface area contributed by atoms with Crippen LogP contribution in [0.3, 0.4) is 0 Å². The Kier molecular flexibility index (Phi) is 15.1. The van der Waals surface area contributed by atoms with Crippen LogP contribution in [0.15, 0.2) is 118 Å². The summed E-state index contributed by atoms with van der Waals surface area (Å²) in [7, 11) is 0. The van der Waals surface area contributed by atoms with E-state index in [2.05, 4.69) is 89.3 Å². The summed E-state index contributed by atoms with van der Waals surface area (Å²) < 4.78 is 11.6. The minimum absolute atomic E-state index is 0. The number of halogens is 4. The van der Waals surface area contributed by atoms with Gasteiger partial charge in [0.05, 0.1) is 23.0 Å². The van der Waals surface area contributed by atoms with Gasteiger partial charge >= 0.3 is 41.9 Å². The summed E-state index contributed by atoms with van der Waals surface area (Å²) in [5, 5.41) is 6.44. The van der Waals surface area contributed by atoms with Gasteiger partial charge < -0.3 is 8.83 Å². The first-order valence-corrected chi connectivity index (χ1v) is 24.3. The van der Waals surface area contributed by atoms with Crippen LogP contribution in [-0.2, 0) is 23.3 Å². The van der Waals surface area contributed by atoms with Gasteiger partial charge in [-0.15, -0.1) is 82.8 Å². The third-order valence-corrected chi connectivity index (χ3v) is 10.1. The van der Waals surface area contributed by atoms with Crippen molar-refractivity contribution in [2.75, 3.05) is 0 Å². The van der Waals surface area contributed by atoms with E-state index in [1.807, 2.05) is 74.5 Å². The Balaban J connectivity index is 0.000000212. The SMILES string of the molecule is C[Si](C)=[Zr+2].Cc1ccc(-c2cc3c(-c4ccccc4Cl)c(C)c(C)cc3[cH-]2)o1.Cc1ccc(-c2cc3c(-c4ccccc4Cl)c(C)c(C)cc3[cH-]2)o1.Cl.Cl. The Labute approximate surface area is 356 Å². The molecule has 2 heterocycles. The summed E-state index contributed by atoms with van der Waals surface area (Å²) in [5.41, 5.74) is 12.1. The second-order valence-electron chi connectivity index (χ2n) is 13.7. The van der Waals surface area contributed by atoms with E-state index in [1.165, 1.54) is 54.9 Å². The molecule has 0 saturated carbocycles. The van der Waals surface area contributed by atoms with Crippen molar-refractivity contribution in [2.24, 2.45) is 0 Å². The van der Waals surface area contributed by atoms with Crippen molar-refractivity contribution < 1.29 is 32.2 Å². The summed E-state index contributed by atoms with van der Waals surface area (Å²) in [4.78, 5) is 0. The fraction of sp³-hybridized carbons (Fsp3) is 0.174. The van der Waals surface area contributed by atoms with Crippen LogP contribution in [0.25, 0.3) is 66.4 Å². The first kappa shape index (κ1) is 43.6. The van der Waals surface area contributed by atoms with Gasteiger partial charge in [-0.05, 0) is 100 Å². The van der Waals surface area contributed by atoms with Crippen LogP contribution in [0.1, 0.15) is 33.8 Å². The molecule has 0 aliphatic carbocycles. The molecule has 0 aliphatic rings. The summed E-state index contributed by atoms with van der Waals surface area (Å²) in [6.45, 7) is 17.2. The van der Waals surface area contributed by atoms with Gasteiger partial charge in [-0.3, -0.25) is 0 Å². The average Bonchev–Trinajstić information content (AvgIpc) is 3.91. The molecule has 54 heavy (non-hydrogen) atoms. The van der Waals surface area contributed by atoms with E-state index in [9.17, 15) is 0 Å². The second-order valence-corrected chi connectivity index (χ2v) is 23.8. The monoisotopic (exact) mass is 886 g/mol. The van der Waals surface area contributed by atoms with Crippen LogP contribution in [0, 0.1) is 41.5 Å². The Morgan fingerprint density at radius 2 is 0.889 bits per heavy atom. The van der Waals surface area contributed by atoms with Crippen LogP contribution >= 0.6 is 48.0 Å². The number of furan rings is 2. The Bertz CT molecular complexity index is 2390. The Hall–Kier alpha value is -3.08. The fourth-order valence-electron chi connectivity index (χ4n) is 6.69. The van der Waals surface area contributed by atoms with Gasteiger partial charge in [-0.25, -0.2) is 0 Å². The number of aryl methyl sites for hydroxylation is 4. The Morgan fingerprint density at radius 3 is 1.20 bits per heavy atom. The summed E-state index contributed by atoms with van der Waals surface area (Å²) in [6.07, 6.45) is 0. The molecule has 0 atom stereocenters. The maximum atomic E-state index is 6.49. The van der Waals surface area contributed by atoms with Crippen molar-refractivity contribution >= 4 is 75.0 Å². The molecular formula is C46H44Cl4O2SiZr. The molecule has 0 saturated heterocycles. The van der Waals surface area contributed by atoms with Gasteiger partial charge in [0.15, 0.2) is 0 Å². The molecular weight excluding hydrogens is 846 g/mol. The third kappa shape index (κ3) is 9.47. The number of hydrogen-bond donors (Lipinski definition) is 0. The molecule has 6 aromatic carbocycles. The maximum Gasteiger partial charge on any atom is 0.0896 e. The largest absolute Gasteiger partial charge is 0.496 e.